The van der Waals surface area contributed by atoms with Gasteiger partial charge in [0, 0.05) is 11.1 Å². The predicted molar refractivity (Wildman–Crippen MR) is 105 cm³/mol. The molecule has 0 amide bonds. The molecular formula is C25H15F3. The van der Waals surface area contributed by atoms with E-state index >= 15 is 4.39 Å². The Balaban J connectivity index is 1.84. The van der Waals surface area contributed by atoms with Crippen molar-refractivity contribution in [1.29, 1.82) is 0 Å². The van der Waals surface area contributed by atoms with Crippen molar-refractivity contribution in [2.45, 2.75) is 6.42 Å². The molecule has 0 atom stereocenters. The summed E-state index contributed by atoms with van der Waals surface area (Å²) in [6, 6.07) is 24.1. The summed E-state index contributed by atoms with van der Waals surface area (Å²) in [6.07, 6.45) is 0.373. The molecule has 0 heterocycles. The maximum Gasteiger partial charge on any atom is 0.195 e. The molecule has 1 aliphatic carbocycles. The molecule has 0 fully saturated rings. The van der Waals surface area contributed by atoms with Crippen molar-refractivity contribution in [1.82, 2.24) is 0 Å². The van der Waals surface area contributed by atoms with E-state index in [1.807, 2.05) is 54.6 Å². The smallest absolute Gasteiger partial charge is 0.195 e. The number of hydrogen-bond acceptors (Lipinski definition) is 0. The summed E-state index contributed by atoms with van der Waals surface area (Å²) < 4.78 is 44.5. The van der Waals surface area contributed by atoms with Crippen LogP contribution in [0.2, 0.25) is 0 Å². The first kappa shape index (κ1) is 16.8. The number of fused-ring (bicyclic) bond motifs is 3. The van der Waals surface area contributed by atoms with Gasteiger partial charge in [0.15, 0.2) is 17.5 Å². The van der Waals surface area contributed by atoms with Gasteiger partial charge in [-0.1, -0.05) is 78.9 Å². The van der Waals surface area contributed by atoms with Crippen LogP contribution in [0.5, 0.6) is 0 Å². The second kappa shape index (κ2) is 6.38. The zero-order chi connectivity index (χ0) is 19.3. The van der Waals surface area contributed by atoms with E-state index < -0.39 is 17.5 Å². The average Bonchev–Trinajstić information content (AvgIpc) is 3.12. The van der Waals surface area contributed by atoms with Gasteiger partial charge < -0.3 is 0 Å². The summed E-state index contributed by atoms with van der Waals surface area (Å²) in [6.45, 7) is 0. The third-order valence-corrected chi connectivity index (χ3v) is 5.36. The van der Waals surface area contributed by atoms with Gasteiger partial charge in [-0.15, -0.1) is 0 Å². The van der Waals surface area contributed by atoms with Crippen molar-refractivity contribution < 1.29 is 13.2 Å². The average molecular weight is 372 g/mol. The molecule has 0 saturated carbocycles. The summed E-state index contributed by atoms with van der Waals surface area (Å²) >= 11 is 0. The van der Waals surface area contributed by atoms with Crippen molar-refractivity contribution >= 4 is 0 Å². The minimum absolute atomic E-state index is 0.143. The highest BCUT2D eigenvalue weighted by Crippen LogP contribution is 2.47. The Kier molecular flexibility index (Phi) is 3.83. The Bertz CT molecular complexity index is 1210. The monoisotopic (exact) mass is 372 g/mol. The van der Waals surface area contributed by atoms with E-state index in [0.29, 0.717) is 23.1 Å². The van der Waals surface area contributed by atoms with Crippen LogP contribution in [0.15, 0.2) is 78.9 Å². The van der Waals surface area contributed by atoms with Gasteiger partial charge >= 0.3 is 0 Å². The lowest BCUT2D eigenvalue weighted by atomic mass is 9.89. The second-order valence-corrected chi connectivity index (χ2v) is 6.92. The minimum Gasteiger partial charge on any atom is -0.203 e. The van der Waals surface area contributed by atoms with Crippen LogP contribution in [-0.2, 0) is 6.42 Å². The molecule has 3 heteroatoms. The molecule has 4 aromatic rings. The van der Waals surface area contributed by atoms with Crippen LogP contribution in [0.4, 0.5) is 13.2 Å². The van der Waals surface area contributed by atoms with Gasteiger partial charge in [0.05, 0.1) is 0 Å². The van der Waals surface area contributed by atoms with Crippen LogP contribution >= 0.6 is 0 Å². The standard InChI is InChI=1S/C25H15F3/c26-23-21-18-12-5-4-10-16(18)14-20(21)22(24(27)25(23)28)19-13-7-6-11-17(19)15-8-2-1-3-9-15/h1-13H,14H2. The molecule has 0 N–H and O–H groups in total. The van der Waals surface area contributed by atoms with Crippen LogP contribution in [0.1, 0.15) is 11.1 Å². The third kappa shape index (κ3) is 2.40. The van der Waals surface area contributed by atoms with Gasteiger partial charge in [-0.05, 0) is 39.8 Å². The molecule has 5 rings (SSSR count). The molecule has 0 spiro atoms. The van der Waals surface area contributed by atoms with E-state index in [4.69, 9.17) is 0 Å². The van der Waals surface area contributed by atoms with Crippen molar-refractivity contribution in [3.05, 3.63) is 107 Å². The topological polar surface area (TPSA) is 0 Å². The molecular weight excluding hydrogens is 357 g/mol. The fourth-order valence-electron chi connectivity index (χ4n) is 4.12. The van der Waals surface area contributed by atoms with Gasteiger partial charge in [0.25, 0.3) is 0 Å². The fraction of sp³-hybridized carbons (Fsp3) is 0.0400. The number of halogens is 3. The molecule has 0 aliphatic heterocycles. The predicted octanol–water partition coefficient (Wildman–Crippen LogP) is 7.01. The largest absolute Gasteiger partial charge is 0.203 e. The molecule has 0 saturated heterocycles. The molecule has 0 nitrogen and oxygen atoms in total. The highest BCUT2D eigenvalue weighted by atomic mass is 19.2. The van der Waals surface area contributed by atoms with Gasteiger partial charge in [0.1, 0.15) is 0 Å². The van der Waals surface area contributed by atoms with E-state index in [1.54, 1.807) is 24.3 Å². The van der Waals surface area contributed by atoms with Gasteiger partial charge in [-0.25, -0.2) is 13.2 Å². The summed E-state index contributed by atoms with van der Waals surface area (Å²) in [5, 5.41) is 0. The quantitative estimate of drug-likeness (QED) is 0.292. The van der Waals surface area contributed by atoms with Crippen molar-refractivity contribution in [3.8, 4) is 33.4 Å². The minimum atomic E-state index is -1.42. The summed E-state index contributed by atoms with van der Waals surface area (Å²) in [5.74, 6) is -3.67. The van der Waals surface area contributed by atoms with Crippen LogP contribution in [0, 0.1) is 17.5 Å². The van der Waals surface area contributed by atoms with Crippen LogP contribution in [0.3, 0.4) is 0 Å². The van der Waals surface area contributed by atoms with Crippen molar-refractivity contribution in [2.75, 3.05) is 0 Å². The SMILES string of the molecule is Fc1c(F)c2c(c(-c3ccccc3-c3ccccc3)c1F)Cc1ccccc1-2. The van der Waals surface area contributed by atoms with E-state index in [1.165, 1.54) is 0 Å². The molecule has 28 heavy (non-hydrogen) atoms. The van der Waals surface area contributed by atoms with E-state index in [-0.39, 0.29) is 11.1 Å². The van der Waals surface area contributed by atoms with Crippen molar-refractivity contribution in [3.63, 3.8) is 0 Å². The molecule has 1 aliphatic rings. The fourth-order valence-corrected chi connectivity index (χ4v) is 4.12. The molecule has 0 bridgehead atoms. The molecule has 0 unspecified atom stereocenters. The molecule has 136 valence electrons. The Labute approximate surface area is 160 Å². The molecule has 0 aromatic heterocycles. The maximum atomic E-state index is 15.1. The second-order valence-electron chi connectivity index (χ2n) is 6.92. The van der Waals surface area contributed by atoms with E-state index in [2.05, 4.69) is 0 Å². The number of rotatable bonds is 2. The highest BCUT2D eigenvalue weighted by molar-refractivity contribution is 5.91. The lowest BCUT2D eigenvalue weighted by Gasteiger charge is -2.16. The molecule has 0 radical (unpaired) electrons. The van der Waals surface area contributed by atoms with Gasteiger partial charge in [-0.2, -0.15) is 0 Å². The zero-order valence-electron chi connectivity index (χ0n) is 14.8. The summed E-state index contributed by atoms with van der Waals surface area (Å²) in [5.41, 5.74) is 4.57. The normalized spacial score (nSPS) is 12.0. The number of hydrogen-bond donors (Lipinski definition) is 0. The Morgan fingerprint density at radius 3 is 1.75 bits per heavy atom. The third-order valence-electron chi connectivity index (χ3n) is 5.36. The zero-order valence-corrected chi connectivity index (χ0v) is 14.8. The first-order chi connectivity index (χ1) is 13.7. The Morgan fingerprint density at radius 1 is 0.500 bits per heavy atom. The van der Waals surface area contributed by atoms with Crippen LogP contribution in [0.25, 0.3) is 33.4 Å². The Hall–Kier alpha value is -3.33. The van der Waals surface area contributed by atoms with Crippen molar-refractivity contribution in [2.24, 2.45) is 0 Å². The van der Waals surface area contributed by atoms with Crippen LogP contribution < -0.4 is 0 Å². The summed E-state index contributed by atoms with van der Waals surface area (Å²) in [4.78, 5) is 0. The van der Waals surface area contributed by atoms with Gasteiger partial charge in [0.2, 0.25) is 0 Å². The van der Waals surface area contributed by atoms with E-state index in [9.17, 15) is 8.78 Å². The first-order valence-electron chi connectivity index (χ1n) is 9.09. The van der Waals surface area contributed by atoms with E-state index in [0.717, 1.165) is 16.7 Å². The first-order valence-corrected chi connectivity index (χ1v) is 9.09. The Morgan fingerprint density at radius 2 is 1.04 bits per heavy atom. The lowest BCUT2D eigenvalue weighted by Crippen LogP contribution is -2.02. The highest BCUT2D eigenvalue weighted by Gasteiger charge is 2.32. The van der Waals surface area contributed by atoms with Gasteiger partial charge in [-0.3, -0.25) is 0 Å². The number of benzene rings is 4. The maximum absolute atomic E-state index is 15.1. The summed E-state index contributed by atoms with van der Waals surface area (Å²) in [7, 11) is 0. The van der Waals surface area contributed by atoms with Crippen LogP contribution in [-0.4, -0.2) is 0 Å². The lowest BCUT2D eigenvalue weighted by molar-refractivity contribution is 0.450. The molecule has 4 aromatic carbocycles.